The van der Waals surface area contributed by atoms with E-state index in [-0.39, 0.29) is 24.6 Å². The standard InChI is InChI=1S/C17H26N2O3S/c1-23(21,22)19(10-13-6-5-7-13)11-15-17(16(12-20)18-15)14-8-3-2-4-9-14/h2-4,8-9,13,15-18,20H,5-7,10-12H2,1H3/t15-,16+,17+/m0/s1. The minimum Gasteiger partial charge on any atom is -0.395 e. The number of nitrogens with one attached hydrogen (secondary N) is 1. The molecule has 0 amide bonds. The fourth-order valence-corrected chi connectivity index (χ4v) is 4.56. The van der Waals surface area contributed by atoms with Crippen LogP contribution in [0.2, 0.25) is 0 Å². The molecule has 0 spiro atoms. The molecule has 23 heavy (non-hydrogen) atoms. The second-order valence-electron chi connectivity index (χ2n) is 6.88. The van der Waals surface area contributed by atoms with Gasteiger partial charge in [-0.25, -0.2) is 12.7 Å². The van der Waals surface area contributed by atoms with Gasteiger partial charge in [0.2, 0.25) is 10.0 Å². The van der Waals surface area contributed by atoms with Crippen LogP contribution in [-0.4, -0.2) is 55.9 Å². The number of rotatable bonds is 7. The maximum Gasteiger partial charge on any atom is 0.211 e. The Morgan fingerprint density at radius 1 is 1.17 bits per heavy atom. The van der Waals surface area contributed by atoms with E-state index < -0.39 is 10.0 Å². The van der Waals surface area contributed by atoms with E-state index in [2.05, 4.69) is 17.4 Å². The second-order valence-corrected chi connectivity index (χ2v) is 8.86. The molecule has 2 aliphatic rings. The third-order valence-corrected chi connectivity index (χ3v) is 6.47. The quantitative estimate of drug-likeness (QED) is 0.783. The van der Waals surface area contributed by atoms with E-state index >= 15 is 0 Å². The Morgan fingerprint density at radius 3 is 2.39 bits per heavy atom. The van der Waals surface area contributed by atoms with Crippen molar-refractivity contribution in [1.29, 1.82) is 0 Å². The first-order valence-electron chi connectivity index (χ1n) is 8.36. The van der Waals surface area contributed by atoms with Crippen molar-refractivity contribution in [2.75, 3.05) is 26.0 Å². The van der Waals surface area contributed by atoms with E-state index in [1.807, 2.05) is 18.2 Å². The average molecular weight is 338 g/mol. The van der Waals surface area contributed by atoms with Crippen LogP contribution in [0.15, 0.2) is 30.3 Å². The Morgan fingerprint density at radius 2 is 1.87 bits per heavy atom. The van der Waals surface area contributed by atoms with Gasteiger partial charge in [-0.1, -0.05) is 36.8 Å². The molecule has 0 bridgehead atoms. The summed E-state index contributed by atoms with van der Waals surface area (Å²) in [6.07, 6.45) is 4.77. The van der Waals surface area contributed by atoms with Crippen LogP contribution in [0.1, 0.15) is 30.7 Å². The molecule has 3 rings (SSSR count). The Balaban J connectivity index is 1.71. The number of hydrogen-bond donors (Lipinski definition) is 2. The molecule has 0 unspecified atom stereocenters. The summed E-state index contributed by atoms with van der Waals surface area (Å²) in [5.41, 5.74) is 1.16. The van der Waals surface area contributed by atoms with Crippen molar-refractivity contribution in [2.24, 2.45) is 5.92 Å². The van der Waals surface area contributed by atoms with Crippen LogP contribution in [0.3, 0.4) is 0 Å². The summed E-state index contributed by atoms with van der Waals surface area (Å²) in [4.78, 5) is 0. The van der Waals surface area contributed by atoms with Gasteiger partial charge in [0, 0.05) is 31.1 Å². The van der Waals surface area contributed by atoms with Crippen molar-refractivity contribution in [3.8, 4) is 0 Å². The lowest BCUT2D eigenvalue weighted by molar-refractivity contribution is 0.109. The molecule has 1 aromatic carbocycles. The number of sulfonamides is 1. The maximum absolute atomic E-state index is 12.1. The first-order chi connectivity index (χ1) is 11.0. The van der Waals surface area contributed by atoms with Crippen LogP contribution in [0.4, 0.5) is 0 Å². The van der Waals surface area contributed by atoms with Crippen molar-refractivity contribution in [2.45, 2.75) is 37.3 Å². The summed E-state index contributed by atoms with van der Waals surface area (Å²) >= 11 is 0. The van der Waals surface area contributed by atoms with Crippen LogP contribution >= 0.6 is 0 Å². The van der Waals surface area contributed by atoms with Crippen LogP contribution < -0.4 is 5.32 Å². The third-order valence-electron chi connectivity index (χ3n) is 5.23. The van der Waals surface area contributed by atoms with Gasteiger partial charge in [0.05, 0.1) is 12.9 Å². The summed E-state index contributed by atoms with van der Waals surface area (Å²) in [7, 11) is -3.21. The zero-order chi connectivity index (χ0) is 16.4. The Kier molecular flexibility index (Phi) is 5.06. The maximum atomic E-state index is 12.1. The van der Waals surface area contributed by atoms with Gasteiger partial charge in [-0.3, -0.25) is 0 Å². The van der Waals surface area contributed by atoms with Gasteiger partial charge in [0.25, 0.3) is 0 Å². The fraction of sp³-hybridized carbons (Fsp3) is 0.647. The first kappa shape index (κ1) is 16.9. The first-order valence-corrected chi connectivity index (χ1v) is 10.2. The molecule has 3 atom stereocenters. The van der Waals surface area contributed by atoms with Crippen molar-refractivity contribution in [1.82, 2.24) is 9.62 Å². The molecule has 1 saturated heterocycles. The van der Waals surface area contributed by atoms with Crippen molar-refractivity contribution >= 4 is 10.0 Å². The van der Waals surface area contributed by atoms with Crippen molar-refractivity contribution in [3.63, 3.8) is 0 Å². The highest BCUT2D eigenvalue weighted by Gasteiger charge is 2.43. The number of benzene rings is 1. The predicted octanol–water partition coefficient (Wildman–Crippen LogP) is 1.16. The minimum atomic E-state index is -3.21. The molecule has 2 fully saturated rings. The van der Waals surface area contributed by atoms with Crippen LogP contribution in [-0.2, 0) is 10.0 Å². The van der Waals surface area contributed by atoms with Gasteiger partial charge >= 0.3 is 0 Å². The second kappa shape index (κ2) is 6.89. The zero-order valence-corrected chi connectivity index (χ0v) is 14.4. The fourth-order valence-electron chi connectivity index (χ4n) is 3.64. The van der Waals surface area contributed by atoms with Crippen molar-refractivity contribution in [3.05, 3.63) is 35.9 Å². The molecule has 6 heteroatoms. The van der Waals surface area contributed by atoms with Crippen molar-refractivity contribution < 1.29 is 13.5 Å². The Labute approximate surface area is 138 Å². The zero-order valence-electron chi connectivity index (χ0n) is 13.6. The molecular weight excluding hydrogens is 312 g/mol. The molecule has 1 aliphatic carbocycles. The molecule has 0 aromatic heterocycles. The van der Waals surface area contributed by atoms with Gasteiger partial charge < -0.3 is 10.4 Å². The molecular formula is C17H26N2O3S. The lowest BCUT2D eigenvalue weighted by Gasteiger charge is -2.47. The van der Waals surface area contributed by atoms with E-state index in [0.29, 0.717) is 19.0 Å². The van der Waals surface area contributed by atoms with Gasteiger partial charge in [-0.15, -0.1) is 0 Å². The topological polar surface area (TPSA) is 69.6 Å². The van der Waals surface area contributed by atoms with E-state index in [1.165, 1.54) is 12.7 Å². The van der Waals surface area contributed by atoms with E-state index in [1.54, 1.807) is 4.31 Å². The van der Waals surface area contributed by atoms with Gasteiger partial charge in [0.15, 0.2) is 0 Å². The number of nitrogens with zero attached hydrogens (tertiary/aromatic N) is 1. The lowest BCUT2D eigenvalue weighted by atomic mass is 9.77. The molecule has 1 aliphatic heterocycles. The lowest BCUT2D eigenvalue weighted by Crippen LogP contribution is -2.65. The largest absolute Gasteiger partial charge is 0.395 e. The van der Waals surface area contributed by atoms with Crippen LogP contribution in [0.5, 0.6) is 0 Å². The van der Waals surface area contributed by atoms with Gasteiger partial charge in [-0.2, -0.15) is 0 Å². The summed E-state index contributed by atoms with van der Waals surface area (Å²) in [6, 6.07) is 10.1. The normalized spacial score (nSPS) is 28.4. The average Bonchev–Trinajstić information content (AvgIpc) is 2.43. The van der Waals surface area contributed by atoms with Crippen LogP contribution in [0.25, 0.3) is 0 Å². The minimum absolute atomic E-state index is 0.00696. The summed E-state index contributed by atoms with van der Waals surface area (Å²) in [6.45, 7) is 1.17. The summed E-state index contributed by atoms with van der Waals surface area (Å²) < 4.78 is 25.9. The third kappa shape index (κ3) is 3.76. The van der Waals surface area contributed by atoms with E-state index in [4.69, 9.17) is 0 Å². The smallest absolute Gasteiger partial charge is 0.211 e. The highest BCUT2D eigenvalue weighted by atomic mass is 32.2. The highest BCUT2D eigenvalue weighted by Crippen LogP contribution is 2.34. The molecule has 2 N–H and O–H groups in total. The Bertz CT molecular complexity index is 616. The monoisotopic (exact) mass is 338 g/mol. The number of aliphatic hydroxyl groups is 1. The molecule has 1 saturated carbocycles. The van der Waals surface area contributed by atoms with E-state index in [0.717, 1.165) is 18.4 Å². The molecule has 128 valence electrons. The summed E-state index contributed by atoms with van der Waals surface area (Å²) in [5.74, 6) is 0.667. The molecule has 5 nitrogen and oxygen atoms in total. The van der Waals surface area contributed by atoms with Gasteiger partial charge in [-0.05, 0) is 24.3 Å². The molecule has 0 radical (unpaired) electrons. The van der Waals surface area contributed by atoms with Crippen LogP contribution in [0, 0.1) is 5.92 Å². The Hall–Kier alpha value is -0.950. The molecule has 1 aromatic rings. The van der Waals surface area contributed by atoms with Gasteiger partial charge in [0.1, 0.15) is 0 Å². The SMILES string of the molecule is CS(=O)(=O)N(CC1CCC1)C[C@@H]1N[C@H](CO)[C@@H]1c1ccccc1. The predicted molar refractivity (Wildman–Crippen MR) is 90.7 cm³/mol. The number of aliphatic hydroxyl groups excluding tert-OH is 1. The molecule has 1 heterocycles. The number of hydrogen-bond acceptors (Lipinski definition) is 4. The van der Waals surface area contributed by atoms with E-state index in [9.17, 15) is 13.5 Å². The summed E-state index contributed by atoms with van der Waals surface area (Å²) in [5, 5.41) is 12.9. The highest BCUT2D eigenvalue weighted by molar-refractivity contribution is 7.88.